The second kappa shape index (κ2) is 8.76. The Balaban J connectivity index is 1.57. The van der Waals surface area contributed by atoms with E-state index in [4.69, 9.17) is 0 Å². The van der Waals surface area contributed by atoms with Crippen LogP contribution >= 0.6 is 7.92 Å². The van der Waals surface area contributed by atoms with Crippen LogP contribution in [0.4, 0.5) is 0 Å². The van der Waals surface area contributed by atoms with Crippen molar-refractivity contribution in [3.63, 3.8) is 0 Å². The maximum absolute atomic E-state index is 2.32. The Morgan fingerprint density at radius 3 is 1.90 bits per heavy atom. The summed E-state index contributed by atoms with van der Waals surface area (Å²) in [7, 11) is -0.366. The van der Waals surface area contributed by atoms with Gasteiger partial charge in [0.2, 0.25) is 6.33 Å². The van der Waals surface area contributed by atoms with E-state index in [1.807, 2.05) is 0 Å². The molecule has 1 aromatic heterocycles. The Hall–Kier alpha value is -2.70. The van der Waals surface area contributed by atoms with E-state index in [1.165, 1.54) is 33.0 Å². The minimum Gasteiger partial charge on any atom is -0.236 e. The molecular formula is C26H28N2P+. The lowest BCUT2D eigenvalue weighted by atomic mass is 10.1. The average Bonchev–Trinajstić information content (AvgIpc) is 3.17. The largest absolute Gasteiger partial charge is 0.249 e. The van der Waals surface area contributed by atoms with Crippen LogP contribution in [0, 0.1) is 20.8 Å². The molecule has 1 heterocycles. The molecule has 0 saturated heterocycles. The van der Waals surface area contributed by atoms with Gasteiger partial charge in [-0.1, -0.05) is 78.4 Å². The topological polar surface area (TPSA) is 8.81 Å². The third-order valence-corrected chi connectivity index (χ3v) is 7.79. The highest BCUT2D eigenvalue weighted by atomic mass is 31.1. The molecule has 0 saturated carbocycles. The molecule has 0 atom stereocenters. The molecule has 29 heavy (non-hydrogen) atoms. The second-order valence-electron chi connectivity index (χ2n) is 7.63. The molecule has 4 aromatic rings. The van der Waals surface area contributed by atoms with Crippen LogP contribution in [0.5, 0.6) is 0 Å². The van der Waals surface area contributed by atoms with Crippen LogP contribution in [0.3, 0.4) is 0 Å². The van der Waals surface area contributed by atoms with Gasteiger partial charge in [0.25, 0.3) is 0 Å². The summed E-state index contributed by atoms with van der Waals surface area (Å²) in [5, 5.41) is 2.89. The molecule has 0 aliphatic heterocycles. The molecule has 0 fully saturated rings. The van der Waals surface area contributed by atoms with E-state index in [0.717, 1.165) is 12.7 Å². The van der Waals surface area contributed by atoms with E-state index in [2.05, 4.69) is 121 Å². The Bertz CT molecular complexity index is 1020. The lowest BCUT2D eigenvalue weighted by Crippen LogP contribution is -2.34. The van der Waals surface area contributed by atoms with Gasteiger partial charge >= 0.3 is 0 Å². The third kappa shape index (κ3) is 4.49. The summed E-state index contributed by atoms with van der Waals surface area (Å²) in [4.78, 5) is 0. The van der Waals surface area contributed by atoms with E-state index in [-0.39, 0.29) is 7.92 Å². The van der Waals surface area contributed by atoms with Gasteiger partial charge in [-0.3, -0.25) is 0 Å². The quantitative estimate of drug-likeness (QED) is 0.325. The highest BCUT2D eigenvalue weighted by Crippen LogP contribution is 2.32. The van der Waals surface area contributed by atoms with Crippen LogP contribution in [-0.4, -0.2) is 10.7 Å². The number of hydrogen-bond donors (Lipinski definition) is 0. The fraction of sp³-hybridized carbons (Fsp3) is 0.192. The van der Waals surface area contributed by atoms with Crippen LogP contribution < -0.4 is 15.2 Å². The second-order valence-corrected chi connectivity index (χ2v) is 9.96. The van der Waals surface area contributed by atoms with Crippen molar-refractivity contribution in [2.24, 2.45) is 0 Å². The standard InChI is InChI=1S/C26H28N2P/c1-21-18-22(2)26(23(3)19-21)28-15-14-27(20-28)16-17-29(24-10-6-4-7-11-24)25-12-8-5-9-13-25/h4-15,18-20H,16-17H2,1-3H3/q+1. The van der Waals surface area contributed by atoms with E-state index in [0.29, 0.717) is 0 Å². The van der Waals surface area contributed by atoms with E-state index in [1.54, 1.807) is 0 Å². The number of hydrogen-bond acceptors (Lipinski definition) is 0. The van der Waals surface area contributed by atoms with Gasteiger partial charge in [0.15, 0.2) is 0 Å². The molecule has 0 bridgehead atoms. The van der Waals surface area contributed by atoms with Gasteiger partial charge in [0, 0.05) is 6.16 Å². The monoisotopic (exact) mass is 399 g/mol. The smallest absolute Gasteiger partial charge is 0.236 e. The first kappa shape index (κ1) is 19.6. The molecule has 0 radical (unpaired) electrons. The molecular weight excluding hydrogens is 371 g/mol. The molecule has 146 valence electrons. The van der Waals surface area contributed by atoms with E-state index >= 15 is 0 Å². The summed E-state index contributed by atoms with van der Waals surface area (Å²) < 4.78 is 4.58. The fourth-order valence-corrected chi connectivity index (χ4v) is 6.39. The van der Waals surface area contributed by atoms with Gasteiger partial charge in [-0.05, 0) is 50.4 Å². The van der Waals surface area contributed by atoms with E-state index in [9.17, 15) is 0 Å². The number of nitrogens with zero attached hydrogens (tertiary/aromatic N) is 2. The molecule has 4 rings (SSSR count). The first-order valence-electron chi connectivity index (χ1n) is 10.1. The zero-order chi connectivity index (χ0) is 20.2. The minimum atomic E-state index is -0.366. The van der Waals surface area contributed by atoms with Crippen molar-refractivity contribution in [1.82, 2.24) is 4.57 Å². The first-order valence-corrected chi connectivity index (χ1v) is 11.7. The summed E-state index contributed by atoms with van der Waals surface area (Å²) in [5.41, 5.74) is 5.25. The molecule has 3 heteroatoms. The number of imidazole rings is 1. The number of benzene rings is 3. The summed E-state index contributed by atoms with van der Waals surface area (Å²) in [5.74, 6) is 0. The summed E-state index contributed by atoms with van der Waals surface area (Å²) >= 11 is 0. The Kier molecular flexibility index (Phi) is 5.92. The zero-order valence-corrected chi connectivity index (χ0v) is 18.3. The highest BCUT2D eigenvalue weighted by molar-refractivity contribution is 7.72. The number of rotatable bonds is 6. The summed E-state index contributed by atoms with van der Waals surface area (Å²) in [6.07, 6.45) is 7.73. The predicted molar refractivity (Wildman–Crippen MR) is 124 cm³/mol. The van der Waals surface area contributed by atoms with Crippen LogP contribution in [0.15, 0.2) is 91.5 Å². The van der Waals surface area contributed by atoms with Gasteiger partial charge in [-0.25, -0.2) is 9.13 Å². The van der Waals surface area contributed by atoms with Crippen molar-refractivity contribution in [2.75, 3.05) is 6.16 Å². The van der Waals surface area contributed by atoms with Crippen LogP contribution in [0.1, 0.15) is 16.7 Å². The van der Waals surface area contributed by atoms with Gasteiger partial charge in [0.05, 0.1) is 6.54 Å². The Morgan fingerprint density at radius 1 is 0.793 bits per heavy atom. The molecule has 0 amide bonds. The Labute approximate surface area is 175 Å². The minimum absolute atomic E-state index is 0.366. The Morgan fingerprint density at radius 2 is 1.34 bits per heavy atom. The SMILES string of the molecule is Cc1cc(C)c(-n2cc[n+](CCP(c3ccccc3)c3ccccc3)c2)c(C)c1. The van der Waals surface area contributed by atoms with Gasteiger partial charge in [-0.2, -0.15) is 0 Å². The maximum Gasteiger partial charge on any atom is 0.249 e. The molecule has 0 N–H and O–H groups in total. The van der Waals surface area contributed by atoms with Crippen molar-refractivity contribution < 1.29 is 4.57 Å². The lowest BCUT2D eigenvalue weighted by Gasteiger charge is -2.17. The molecule has 3 aromatic carbocycles. The summed E-state index contributed by atoms with van der Waals surface area (Å²) in [6.45, 7) is 7.56. The summed E-state index contributed by atoms with van der Waals surface area (Å²) in [6, 6.07) is 26.4. The van der Waals surface area contributed by atoms with Crippen molar-refractivity contribution in [3.05, 3.63) is 108 Å². The first-order chi connectivity index (χ1) is 14.1. The van der Waals surface area contributed by atoms with Crippen molar-refractivity contribution >= 4 is 18.5 Å². The van der Waals surface area contributed by atoms with Crippen molar-refractivity contribution in [2.45, 2.75) is 27.3 Å². The zero-order valence-electron chi connectivity index (χ0n) is 17.4. The van der Waals surface area contributed by atoms with Gasteiger partial charge in [0.1, 0.15) is 18.1 Å². The van der Waals surface area contributed by atoms with Gasteiger partial charge in [-0.15, -0.1) is 0 Å². The van der Waals surface area contributed by atoms with Crippen LogP contribution in [-0.2, 0) is 6.54 Å². The lowest BCUT2D eigenvalue weighted by molar-refractivity contribution is -0.691. The number of aromatic nitrogens is 2. The number of aryl methyl sites for hydroxylation is 4. The average molecular weight is 399 g/mol. The third-order valence-electron chi connectivity index (χ3n) is 5.30. The van der Waals surface area contributed by atoms with Crippen LogP contribution in [0.2, 0.25) is 0 Å². The van der Waals surface area contributed by atoms with Crippen molar-refractivity contribution in [3.8, 4) is 5.69 Å². The maximum atomic E-state index is 2.32. The molecule has 0 aliphatic carbocycles. The molecule has 0 aliphatic rings. The van der Waals surface area contributed by atoms with Crippen molar-refractivity contribution in [1.29, 1.82) is 0 Å². The predicted octanol–water partition coefficient (Wildman–Crippen LogP) is 4.82. The van der Waals surface area contributed by atoms with Gasteiger partial charge < -0.3 is 0 Å². The molecule has 2 nitrogen and oxygen atoms in total. The molecule has 0 spiro atoms. The fourth-order valence-electron chi connectivity index (χ4n) is 4.08. The molecule has 0 unspecified atom stereocenters. The van der Waals surface area contributed by atoms with E-state index < -0.39 is 0 Å². The normalized spacial score (nSPS) is 11.2. The van der Waals surface area contributed by atoms with Crippen LogP contribution in [0.25, 0.3) is 5.69 Å². The highest BCUT2D eigenvalue weighted by Gasteiger charge is 2.17.